The highest BCUT2D eigenvalue weighted by Gasteiger charge is 2.42. The van der Waals surface area contributed by atoms with Crippen molar-refractivity contribution in [1.82, 2.24) is 4.58 Å². The average Bonchev–Trinajstić information content (AvgIpc) is 3.43. The lowest BCUT2D eigenvalue weighted by Gasteiger charge is -2.47. The highest BCUT2D eigenvalue weighted by atomic mass is 32.3. The van der Waals surface area contributed by atoms with E-state index in [2.05, 4.69) is 75.3 Å². The third-order valence-electron chi connectivity index (χ3n) is 10.1. The van der Waals surface area contributed by atoms with Gasteiger partial charge >= 0.3 is 10.1 Å². The van der Waals surface area contributed by atoms with Crippen LogP contribution in [0.2, 0.25) is 0 Å². The summed E-state index contributed by atoms with van der Waals surface area (Å²) in [6.45, 7) is 15.5. The Morgan fingerprint density at radius 1 is 0.930 bits per heavy atom. The Morgan fingerprint density at radius 3 is 2.42 bits per heavy atom. The van der Waals surface area contributed by atoms with E-state index in [0.29, 0.717) is 0 Å². The van der Waals surface area contributed by atoms with Gasteiger partial charge in [0, 0.05) is 64.7 Å². The van der Waals surface area contributed by atoms with Crippen LogP contribution in [0.3, 0.4) is 0 Å². The number of anilines is 1. The summed E-state index contributed by atoms with van der Waals surface area (Å²) in [7, 11) is -4.33. The SMILES string of the molecule is CC1=CC(C)(C)N2CCCc3c4c(cc1c32)C(c1ccc(S(=O)(=O)O)s1)=c1cc2c3c(c1O4)CCC[N+]=3C(C)(C)C=C2C. The second-order valence-electron chi connectivity index (χ2n) is 13.8. The molecule has 8 rings (SSSR count). The van der Waals surface area contributed by atoms with Gasteiger partial charge in [-0.25, -0.2) is 4.58 Å². The van der Waals surface area contributed by atoms with Crippen molar-refractivity contribution in [3.63, 3.8) is 0 Å². The zero-order valence-electron chi connectivity index (χ0n) is 25.6. The van der Waals surface area contributed by atoms with Gasteiger partial charge in [0.15, 0.2) is 5.54 Å². The molecular formula is C35H37N2O4S2+. The molecule has 8 heteroatoms. The van der Waals surface area contributed by atoms with Gasteiger partial charge in [-0.1, -0.05) is 6.08 Å². The minimum Gasteiger partial charge on any atom is -0.455 e. The first-order valence-electron chi connectivity index (χ1n) is 15.2. The third-order valence-corrected chi connectivity index (χ3v) is 12.5. The van der Waals surface area contributed by atoms with Gasteiger partial charge in [0.25, 0.3) is 0 Å². The van der Waals surface area contributed by atoms with E-state index in [9.17, 15) is 13.0 Å². The van der Waals surface area contributed by atoms with E-state index in [1.807, 2.05) is 6.07 Å². The van der Waals surface area contributed by atoms with Crippen LogP contribution in [0.1, 0.15) is 87.1 Å². The van der Waals surface area contributed by atoms with Crippen molar-refractivity contribution in [2.24, 2.45) is 0 Å². The molecule has 0 radical (unpaired) electrons. The van der Waals surface area contributed by atoms with Crippen molar-refractivity contribution >= 4 is 43.9 Å². The summed E-state index contributed by atoms with van der Waals surface area (Å²) in [5.74, 6) is 1.79. The normalized spacial score (nSPS) is 20.8. The van der Waals surface area contributed by atoms with E-state index in [4.69, 9.17) is 4.74 Å². The second kappa shape index (κ2) is 8.71. The molecule has 0 spiro atoms. The average molecular weight is 614 g/mol. The summed E-state index contributed by atoms with van der Waals surface area (Å²) in [6.07, 6.45) is 8.66. The molecule has 0 saturated heterocycles. The quantitative estimate of drug-likeness (QED) is 0.224. The predicted molar refractivity (Wildman–Crippen MR) is 174 cm³/mol. The molecule has 1 aromatic heterocycles. The lowest BCUT2D eigenvalue weighted by Crippen LogP contribution is -2.53. The van der Waals surface area contributed by atoms with Crippen LogP contribution in [-0.4, -0.2) is 37.1 Å². The number of thiophene rings is 1. The molecule has 0 unspecified atom stereocenters. The largest absolute Gasteiger partial charge is 0.455 e. The maximum absolute atomic E-state index is 12.2. The predicted octanol–water partition coefficient (Wildman–Crippen LogP) is 5.93. The van der Waals surface area contributed by atoms with E-state index in [1.165, 1.54) is 50.5 Å². The number of benzene rings is 2. The van der Waals surface area contributed by atoms with Gasteiger partial charge < -0.3 is 9.64 Å². The smallest absolute Gasteiger partial charge is 0.304 e. The number of hydrogen-bond donors (Lipinski definition) is 1. The van der Waals surface area contributed by atoms with Crippen molar-refractivity contribution < 1.29 is 17.7 Å². The Kier molecular flexibility index (Phi) is 5.54. The van der Waals surface area contributed by atoms with Crippen molar-refractivity contribution in [3.8, 4) is 11.5 Å². The van der Waals surface area contributed by atoms with Crippen LogP contribution in [0.25, 0.3) is 16.7 Å². The summed E-state index contributed by atoms with van der Waals surface area (Å²) in [5, 5.41) is 2.27. The summed E-state index contributed by atoms with van der Waals surface area (Å²) in [5.41, 5.74) is 10.5. The lowest BCUT2D eigenvalue weighted by atomic mass is 9.80. The molecule has 5 aliphatic heterocycles. The number of allylic oxidation sites excluding steroid dienone is 2. The first kappa shape index (κ1) is 27.4. The standard InChI is InChI=1S/C35H36N2O4S2/c1-19-17-34(3,4)36-13-7-9-21-30(36)23(19)15-25-29(27-11-12-28(42-27)43(38,39)40)26-16-24-20(2)18-35(5,6)37-14-8-10-22(31(24)37)33(26)41-32(21)25/h11-12,15-18H,7-10,13-14H2,1-6H3/p+1. The zero-order valence-corrected chi connectivity index (χ0v) is 27.2. The first-order chi connectivity index (χ1) is 20.3. The highest BCUT2D eigenvalue weighted by molar-refractivity contribution is 7.88. The molecule has 3 aromatic rings. The maximum Gasteiger partial charge on any atom is 0.304 e. The van der Waals surface area contributed by atoms with Crippen LogP contribution in [0, 0.1) is 0 Å². The van der Waals surface area contributed by atoms with E-state index in [-0.39, 0.29) is 15.3 Å². The van der Waals surface area contributed by atoms with Gasteiger partial charge in [-0.15, -0.1) is 11.3 Å². The van der Waals surface area contributed by atoms with Crippen molar-refractivity contribution in [3.05, 3.63) is 79.7 Å². The van der Waals surface area contributed by atoms with Crippen LogP contribution >= 0.6 is 11.3 Å². The molecule has 0 aliphatic carbocycles. The third kappa shape index (κ3) is 3.79. The van der Waals surface area contributed by atoms with Crippen LogP contribution in [0.15, 0.2) is 40.6 Å². The Labute approximate surface area is 257 Å². The highest BCUT2D eigenvalue weighted by Crippen LogP contribution is 2.52. The fourth-order valence-corrected chi connectivity index (χ4v) is 10.1. The molecule has 6 heterocycles. The number of fused-ring (bicyclic) bond motifs is 4. The number of rotatable bonds is 2. The molecule has 5 aliphatic rings. The second-order valence-corrected chi connectivity index (χ2v) is 16.5. The minimum atomic E-state index is -4.33. The van der Waals surface area contributed by atoms with Gasteiger partial charge in [0.05, 0.1) is 16.8 Å². The van der Waals surface area contributed by atoms with E-state index in [0.717, 1.165) is 82.8 Å². The van der Waals surface area contributed by atoms with Crippen LogP contribution < -0.4 is 24.8 Å². The monoisotopic (exact) mass is 613 g/mol. The summed E-state index contributed by atoms with van der Waals surface area (Å²) in [6, 6.07) is 7.89. The van der Waals surface area contributed by atoms with Gasteiger partial charge in [0.1, 0.15) is 22.3 Å². The van der Waals surface area contributed by atoms with E-state index < -0.39 is 10.1 Å². The Morgan fingerprint density at radius 2 is 1.67 bits per heavy atom. The lowest BCUT2D eigenvalue weighted by molar-refractivity contribution is 0.362. The van der Waals surface area contributed by atoms with Crippen LogP contribution in [0.4, 0.5) is 5.69 Å². The van der Waals surface area contributed by atoms with Crippen molar-refractivity contribution in [2.75, 3.05) is 18.0 Å². The molecule has 222 valence electrons. The Bertz CT molecular complexity index is 2110. The molecule has 0 atom stereocenters. The summed E-state index contributed by atoms with van der Waals surface area (Å²) >= 11 is 1.12. The number of ether oxygens (including phenoxy) is 1. The first-order valence-corrected chi connectivity index (χ1v) is 17.5. The zero-order chi connectivity index (χ0) is 30.2. The van der Waals surface area contributed by atoms with Gasteiger partial charge in [-0.3, -0.25) is 4.55 Å². The topological polar surface area (TPSA) is 69.9 Å². The number of nitrogens with zero attached hydrogens (tertiary/aromatic N) is 2. The van der Waals surface area contributed by atoms with Gasteiger partial charge in [0.2, 0.25) is 5.36 Å². The Balaban J connectivity index is 1.54. The van der Waals surface area contributed by atoms with Crippen molar-refractivity contribution in [1.29, 1.82) is 0 Å². The number of hydrogen-bond acceptors (Lipinski definition) is 5. The van der Waals surface area contributed by atoms with Gasteiger partial charge in [-0.2, -0.15) is 8.42 Å². The van der Waals surface area contributed by atoms with E-state index in [1.54, 1.807) is 0 Å². The molecule has 0 amide bonds. The fourth-order valence-electron chi connectivity index (χ4n) is 8.39. The van der Waals surface area contributed by atoms with Crippen LogP contribution in [-0.2, 0) is 23.0 Å². The molecule has 0 saturated carbocycles. The molecule has 0 fully saturated rings. The molecule has 6 nitrogen and oxygen atoms in total. The molecule has 43 heavy (non-hydrogen) atoms. The minimum absolute atomic E-state index is 0.0452. The molecular weight excluding hydrogens is 577 g/mol. The van der Waals surface area contributed by atoms with E-state index >= 15 is 0 Å². The fraction of sp³-hybridized carbons (Fsp3) is 0.400. The maximum atomic E-state index is 12.2. The summed E-state index contributed by atoms with van der Waals surface area (Å²) < 4.78 is 44.0. The summed E-state index contributed by atoms with van der Waals surface area (Å²) in [4.78, 5) is 3.35. The Hall–Kier alpha value is -3.20. The van der Waals surface area contributed by atoms with Crippen molar-refractivity contribution in [2.45, 2.75) is 82.5 Å². The van der Waals surface area contributed by atoms with Crippen LogP contribution in [0.5, 0.6) is 11.5 Å². The molecule has 0 bridgehead atoms. The molecule has 1 N–H and O–H groups in total. The van der Waals surface area contributed by atoms with Gasteiger partial charge in [-0.05, 0) is 88.4 Å². The molecule has 2 aromatic carbocycles.